The highest BCUT2D eigenvalue weighted by atomic mass is 16.5. The van der Waals surface area contributed by atoms with E-state index in [0.717, 1.165) is 28.9 Å². The van der Waals surface area contributed by atoms with Crippen molar-refractivity contribution >= 4 is 17.4 Å². The molecule has 2 aliphatic heterocycles. The molecule has 1 amide bonds. The maximum absolute atomic E-state index is 13.3. The van der Waals surface area contributed by atoms with Gasteiger partial charge in [-0.1, -0.05) is 36.4 Å². The molecule has 2 aliphatic rings. The number of ether oxygens (including phenoxy) is 3. The van der Waals surface area contributed by atoms with Crippen LogP contribution in [0.5, 0.6) is 17.2 Å². The Kier molecular flexibility index (Phi) is 6.61. The van der Waals surface area contributed by atoms with E-state index >= 15 is 0 Å². The van der Waals surface area contributed by atoms with Crippen molar-refractivity contribution < 1.29 is 28.9 Å². The number of carbonyl (C=O) groups is 2. The predicted octanol–water partition coefficient (Wildman–Crippen LogP) is 4.69. The molecule has 0 aliphatic carbocycles. The van der Waals surface area contributed by atoms with Crippen molar-refractivity contribution in [1.82, 2.24) is 4.90 Å². The van der Waals surface area contributed by atoms with E-state index in [1.165, 1.54) is 0 Å². The zero-order valence-electron chi connectivity index (χ0n) is 21.1. The number of rotatable bonds is 7. The fourth-order valence-corrected chi connectivity index (χ4v) is 5.10. The third-order valence-electron chi connectivity index (χ3n) is 6.91. The molecule has 0 bridgehead atoms. The number of amides is 1. The van der Waals surface area contributed by atoms with Crippen LogP contribution in [0.3, 0.4) is 0 Å². The van der Waals surface area contributed by atoms with Crippen LogP contribution in [0.1, 0.15) is 35.2 Å². The molecule has 0 spiro atoms. The number of hydrogen-bond acceptors (Lipinski definition) is 6. The van der Waals surface area contributed by atoms with Crippen molar-refractivity contribution in [3.05, 3.63) is 94.6 Å². The number of aliphatic hydroxyl groups excluding tert-OH is 1. The van der Waals surface area contributed by atoms with Gasteiger partial charge >= 0.3 is 0 Å². The summed E-state index contributed by atoms with van der Waals surface area (Å²) in [5.41, 5.74) is 3.24. The zero-order chi connectivity index (χ0) is 26.1. The van der Waals surface area contributed by atoms with Crippen LogP contribution < -0.4 is 14.2 Å². The summed E-state index contributed by atoms with van der Waals surface area (Å²) in [6, 6.07) is 19.6. The average molecular weight is 500 g/mol. The van der Waals surface area contributed by atoms with Crippen LogP contribution in [0.25, 0.3) is 5.76 Å². The van der Waals surface area contributed by atoms with Gasteiger partial charge in [-0.2, -0.15) is 0 Å². The minimum absolute atomic E-state index is 0.0545. The standard InChI is InChI=1S/C30H29NO6/c1-18-15-22-17-21(10-12-23(22)37-18)28(32)26-27(20-7-5-4-6-8-20)31(30(34)29(26)33)14-13-19-9-11-24(35-2)25(16-19)36-3/h4-12,16-18,27,32H,13-15H2,1-3H3/b28-26-. The summed E-state index contributed by atoms with van der Waals surface area (Å²) in [5, 5.41) is 11.4. The Hall–Kier alpha value is -4.26. The van der Waals surface area contributed by atoms with E-state index in [0.29, 0.717) is 23.5 Å². The molecule has 0 aromatic heterocycles. The van der Waals surface area contributed by atoms with E-state index in [-0.39, 0.29) is 24.0 Å². The first-order valence-corrected chi connectivity index (χ1v) is 12.3. The maximum Gasteiger partial charge on any atom is 0.295 e. The molecule has 1 fully saturated rings. The molecule has 3 aromatic rings. The van der Waals surface area contributed by atoms with E-state index in [9.17, 15) is 14.7 Å². The van der Waals surface area contributed by atoms with Gasteiger partial charge in [0.1, 0.15) is 17.6 Å². The number of methoxy groups -OCH3 is 2. The van der Waals surface area contributed by atoms with Crippen molar-refractivity contribution in [3.8, 4) is 17.2 Å². The summed E-state index contributed by atoms with van der Waals surface area (Å²) >= 11 is 0. The molecule has 1 N–H and O–H groups in total. The van der Waals surface area contributed by atoms with Crippen LogP contribution in [0, 0.1) is 0 Å². The van der Waals surface area contributed by atoms with Crippen molar-refractivity contribution in [2.45, 2.75) is 31.9 Å². The second kappa shape index (κ2) is 10.0. The Labute approximate surface area is 215 Å². The lowest BCUT2D eigenvalue weighted by molar-refractivity contribution is -0.139. The van der Waals surface area contributed by atoms with Crippen molar-refractivity contribution in [2.75, 3.05) is 20.8 Å². The Morgan fingerprint density at radius 3 is 2.49 bits per heavy atom. The first-order chi connectivity index (χ1) is 17.9. The maximum atomic E-state index is 13.3. The number of benzene rings is 3. The number of hydrogen-bond donors (Lipinski definition) is 1. The highest BCUT2D eigenvalue weighted by Gasteiger charge is 2.45. The van der Waals surface area contributed by atoms with E-state index in [1.807, 2.05) is 61.5 Å². The normalized spacial score (nSPS) is 20.0. The van der Waals surface area contributed by atoms with Gasteiger partial charge < -0.3 is 24.2 Å². The van der Waals surface area contributed by atoms with E-state index < -0.39 is 17.7 Å². The molecule has 7 heteroatoms. The SMILES string of the molecule is COc1ccc(CCN2C(=O)C(=O)/C(=C(\O)c3ccc4c(c3)CC(C)O4)C2c2ccccc2)cc1OC. The van der Waals surface area contributed by atoms with E-state index in [1.54, 1.807) is 31.3 Å². The van der Waals surface area contributed by atoms with Gasteiger partial charge in [0.15, 0.2) is 11.5 Å². The first kappa shape index (κ1) is 24.4. The molecule has 1 saturated heterocycles. The monoisotopic (exact) mass is 499 g/mol. The van der Waals surface area contributed by atoms with Crippen molar-refractivity contribution in [2.24, 2.45) is 0 Å². The lowest BCUT2D eigenvalue weighted by Gasteiger charge is -2.25. The molecule has 5 rings (SSSR count). The Bertz CT molecular complexity index is 1380. The molecule has 2 atom stereocenters. The molecule has 0 radical (unpaired) electrons. The molecular formula is C30H29NO6. The Morgan fingerprint density at radius 1 is 1.00 bits per heavy atom. The molecule has 2 heterocycles. The number of nitrogens with zero attached hydrogens (tertiary/aromatic N) is 1. The van der Waals surface area contributed by atoms with Gasteiger partial charge in [-0.25, -0.2) is 0 Å². The van der Waals surface area contributed by atoms with Crippen LogP contribution in [-0.4, -0.2) is 48.6 Å². The van der Waals surface area contributed by atoms with Gasteiger partial charge in [0.05, 0.1) is 25.8 Å². The van der Waals surface area contributed by atoms with Gasteiger partial charge in [0.2, 0.25) is 0 Å². The van der Waals surface area contributed by atoms with Gasteiger partial charge in [-0.15, -0.1) is 0 Å². The molecule has 7 nitrogen and oxygen atoms in total. The fourth-order valence-electron chi connectivity index (χ4n) is 5.10. The predicted molar refractivity (Wildman–Crippen MR) is 139 cm³/mol. The fraction of sp³-hybridized carbons (Fsp3) is 0.267. The summed E-state index contributed by atoms with van der Waals surface area (Å²) in [6.07, 6.45) is 1.27. The molecule has 2 unspecified atom stereocenters. The minimum Gasteiger partial charge on any atom is -0.507 e. The number of Topliss-reactive ketones (excluding diaryl/α,β-unsaturated/α-hetero) is 1. The van der Waals surface area contributed by atoms with Gasteiger partial charge in [0, 0.05) is 18.5 Å². The van der Waals surface area contributed by atoms with Crippen molar-refractivity contribution in [1.29, 1.82) is 0 Å². The van der Waals surface area contributed by atoms with Crippen LogP contribution >= 0.6 is 0 Å². The number of carbonyl (C=O) groups excluding carboxylic acids is 2. The summed E-state index contributed by atoms with van der Waals surface area (Å²) in [5.74, 6) is 0.488. The van der Waals surface area contributed by atoms with Gasteiger partial charge in [0.25, 0.3) is 11.7 Å². The van der Waals surface area contributed by atoms with E-state index in [4.69, 9.17) is 14.2 Å². The lowest BCUT2D eigenvalue weighted by Crippen LogP contribution is -2.31. The highest BCUT2D eigenvalue weighted by molar-refractivity contribution is 6.46. The third kappa shape index (κ3) is 4.53. The number of aliphatic hydroxyl groups is 1. The summed E-state index contributed by atoms with van der Waals surface area (Å²) in [6.45, 7) is 2.27. The second-order valence-electron chi connectivity index (χ2n) is 9.30. The van der Waals surface area contributed by atoms with Crippen LogP contribution in [0.4, 0.5) is 0 Å². The molecule has 0 saturated carbocycles. The lowest BCUT2D eigenvalue weighted by atomic mass is 9.94. The number of likely N-dealkylation sites (tertiary alicyclic amines) is 1. The summed E-state index contributed by atoms with van der Waals surface area (Å²) in [7, 11) is 3.15. The summed E-state index contributed by atoms with van der Waals surface area (Å²) in [4.78, 5) is 28.1. The van der Waals surface area contributed by atoms with Crippen molar-refractivity contribution in [3.63, 3.8) is 0 Å². The summed E-state index contributed by atoms with van der Waals surface area (Å²) < 4.78 is 16.5. The molecule has 37 heavy (non-hydrogen) atoms. The third-order valence-corrected chi connectivity index (χ3v) is 6.91. The smallest absolute Gasteiger partial charge is 0.295 e. The first-order valence-electron chi connectivity index (χ1n) is 12.3. The highest BCUT2D eigenvalue weighted by Crippen LogP contribution is 2.40. The van der Waals surface area contributed by atoms with Gasteiger partial charge in [-0.05, 0) is 60.4 Å². The Balaban J connectivity index is 1.51. The number of fused-ring (bicyclic) bond motifs is 1. The zero-order valence-corrected chi connectivity index (χ0v) is 21.1. The topological polar surface area (TPSA) is 85.3 Å². The van der Waals surface area contributed by atoms with E-state index in [2.05, 4.69) is 0 Å². The molecular weight excluding hydrogens is 470 g/mol. The Morgan fingerprint density at radius 2 is 1.76 bits per heavy atom. The second-order valence-corrected chi connectivity index (χ2v) is 9.30. The van der Waals surface area contributed by atoms with Crippen LogP contribution in [0.2, 0.25) is 0 Å². The average Bonchev–Trinajstić information content (AvgIpc) is 3.42. The minimum atomic E-state index is -0.704. The number of ketones is 1. The largest absolute Gasteiger partial charge is 0.507 e. The molecule has 3 aromatic carbocycles. The van der Waals surface area contributed by atoms with Crippen LogP contribution in [-0.2, 0) is 22.4 Å². The van der Waals surface area contributed by atoms with Crippen LogP contribution in [0.15, 0.2) is 72.3 Å². The quantitative estimate of drug-likeness (QED) is 0.288. The van der Waals surface area contributed by atoms with Gasteiger partial charge in [-0.3, -0.25) is 9.59 Å². The molecule has 190 valence electrons.